The summed E-state index contributed by atoms with van der Waals surface area (Å²) in [6, 6.07) is 8.49. The molecule has 1 aliphatic heterocycles. The molecule has 0 radical (unpaired) electrons. The third-order valence-corrected chi connectivity index (χ3v) is 6.47. The summed E-state index contributed by atoms with van der Waals surface area (Å²) in [4.78, 5) is 17.4. The summed E-state index contributed by atoms with van der Waals surface area (Å²) in [5.41, 5.74) is 5.25. The average Bonchev–Trinajstić information content (AvgIpc) is 3.28. The van der Waals surface area contributed by atoms with Crippen LogP contribution < -0.4 is 5.32 Å². The Bertz CT molecular complexity index is 982. The highest BCUT2D eigenvalue weighted by atomic mass is 32.1. The predicted octanol–water partition coefficient (Wildman–Crippen LogP) is 4.23. The SMILES string of the molecule is Cc1cc(C)cc(Nc2nccc(-c3nc(C)c(CN4CCC[C@H]4CO)s3)n2)c1. The van der Waals surface area contributed by atoms with E-state index >= 15 is 0 Å². The molecule has 1 fully saturated rings. The molecule has 1 atom stereocenters. The number of nitrogens with zero attached hydrogens (tertiary/aromatic N) is 4. The van der Waals surface area contributed by atoms with Crippen LogP contribution in [0.5, 0.6) is 0 Å². The summed E-state index contributed by atoms with van der Waals surface area (Å²) >= 11 is 1.68. The number of benzene rings is 1. The second-order valence-corrected chi connectivity index (χ2v) is 8.83. The third-order valence-electron chi connectivity index (χ3n) is 5.30. The molecule has 29 heavy (non-hydrogen) atoms. The van der Waals surface area contributed by atoms with Crippen molar-refractivity contribution >= 4 is 23.0 Å². The topological polar surface area (TPSA) is 74.2 Å². The van der Waals surface area contributed by atoms with Gasteiger partial charge in [0.2, 0.25) is 5.95 Å². The summed E-state index contributed by atoms with van der Waals surface area (Å²) in [5, 5.41) is 13.8. The Morgan fingerprint density at radius 3 is 2.72 bits per heavy atom. The van der Waals surface area contributed by atoms with E-state index in [9.17, 15) is 5.11 Å². The molecule has 3 aromatic rings. The van der Waals surface area contributed by atoms with Crippen LogP contribution in [0.4, 0.5) is 11.6 Å². The zero-order valence-electron chi connectivity index (χ0n) is 17.1. The van der Waals surface area contributed by atoms with Crippen molar-refractivity contribution < 1.29 is 5.11 Å². The summed E-state index contributed by atoms with van der Waals surface area (Å²) in [6.45, 7) is 8.32. The van der Waals surface area contributed by atoms with Crippen LogP contribution in [0.1, 0.15) is 34.5 Å². The van der Waals surface area contributed by atoms with Gasteiger partial charge in [0.05, 0.1) is 12.3 Å². The zero-order chi connectivity index (χ0) is 20.4. The predicted molar refractivity (Wildman–Crippen MR) is 118 cm³/mol. The quantitative estimate of drug-likeness (QED) is 0.635. The van der Waals surface area contributed by atoms with E-state index in [0.29, 0.717) is 5.95 Å². The molecule has 0 unspecified atom stereocenters. The smallest absolute Gasteiger partial charge is 0.227 e. The molecule has 0 spiro atoms. The highest BCUT2D eigenvalue weighted by molar-refractivity contribution is 7.15. The number of thiazole rings is 1. The fraction of sp³-hybridized carbons (Fsp3) is 0.409. The van der Waals surface area contributed by atoms with E-state index < -0.39 is 0 Å². The maximum absolute atomic E-state index is 9.58. The molecule has 3 heterocycles. The minimum atomic E-state index is 0.226. The molecule has 1 aliphatic rings. The largest absolute Gasteiger partial charge is 0.395 e. The van der Waals surface area contributed by atoms with E-state index in [0.717, 1.165) is 48.0 Å². The van der Waals surface area contributed by atoms with Crippen LogP contribution in [0.2, 0.25) is 0 Å². The number of hydrogen-bond donors (Lipinski definition) is 2. The molecule has 0 bridgehead atoms. The number of aromatic nitrogens is 3. The van der Waals surface area contributed by atoms with Gasteiger partial charge in [0.25, 0.3) is 0 Å². The van der Waals surface area contributed by atoms with Crippen LogP contribution in [0.3, 0.4) is 0 Å². The lowest BCUT2D eigenvalue weighted by atomic mass is 10.1. The average molecular weight is 410 g/mol. The molecule has 1 saturated heterocycles. The van der Waals surface area contributed by atoms with Gasteiger partial charge in [0, 0.05) is 29.3 Å². The molecule has 4 rings (SSSR count). The van der Waals surface area contributed by atoms with Crippen molar-refractivity contribution in [2.45, 2.75) is 46.2 Å². The summed E-state index contributed by atoms with van der Waals surface area (Å²) < 4.78 is 0. The molecule has 6 nitrogen and oxygen atoms in total. The minimum absolute atomic E-state index is 0.226. The lowest BCUT2D eigenvalue weighted by molar-refractivity contribution is 0.154. The van der Waals surface area contributed by atoms with Gasteiger partial charge < -0.3 is 10.4 Å². The number of likely N-dealkylation sites (tertiary alicyclic amines) is 1. The fourth-order valence-corrected chi connectivity index (χ4v) is 4.95. The molecular weight excluding hydrogens is 382 g/mol. The number of aryl methyl sites for hydroxylation is 3. The van der Waals surface area contributed by atoms with E-state index in [1.54, 1.807) is 17.5 Å². The molecular formula is C22H27N5OS. The first-order chi connectivity index (χ1) is 14.0. The number of anilines is 2. The molecule has 7 heteroatoms. The zero-order valence-corrected chi connectivity index (χ0v) is 18.0. The lowest BCUT2D eigenvalue weighted by Crippen LogP contribution is -2.31. The van der Waals surface area contributed by atoms with Crippen molar-refractivity contribution in [3.63, 3.8) is 0 Å². The van der Waals surface area contributed by atoms with Crippen molar-refractivity contribution in [3.05, 3.63) is 52.2 Å². The molecule has 1 aromatic carbocycles. The van der Waals surface area contributed by atoms with E-state index in [-0.39, 0.29) is 12.6 Å². The van der Waals surface area contributed by atoms with Gasteiger partial charge in [-0.3, -0.25) is 4.90 Å². The third kappa shape index (κ3) is 4.63. The highest BCUT2D eigenvalue weighted by Gasteiger charge is 2.25. The number of nitrogens with one attached hydrogen (secondary N) is 1. The molecule has 2 aromatic heterocycles. The van der Waals surface area contributed by atoms with E-state index in [2.05, 4.69) is 59.2 Å². The van der Waals surface area contributed by atoms with Gasteiger partial charge in [-0.15, -0.1) is 11.3 Å². The van der Waals surface area contributed by atoms with Crippen molar-refractivity contribution in [2.24, 2.45) is 0 Å². The van der Waals surface area contributed by atoms with Gasteiger partial charge in [0.1, 0.15) is 10.7 Å². The Labute approximate surface area is 175 Å². The highest BCUT2D eigenvalue weighted by Crippen LogP contribution is 2.30. The molecule has 0 aliphatic carbocycles. The van der Waals surface area contributed by atoms with E-state index in [1.165, 1.54) is 16.0 Å². The van der Waals surface area contributed by atoms with Gasteiger partial charge in [0.15, 0.2) is 0 Å². The first-order valence-electron chi connectivity index (χ1n) is 10.0. The lowest BCUT2D eigenvalue weighted by Gasteiger charge is -2.21. The number of rotatable bonds is 6. The molecule has 0 amide bonds. The van der Waals surface area contributed by atoms with Gasteiger partial charge >= 0.3 is 0 Å². The number of hydrogen-bond acceptors (Lipinski definition) is 7. The normalized spacial score (nSPS) is 17.0. The Hall–Kier alpha value is -2.35. The van der Waals surface area contributed by atoms with Gasteiger partial charge in [-0.25, -0.2) is 15.0 Å². The van der Waals surface area contributed by atoms with Crippen LogP contribution in [0, 0.1) is 20.8 Å². The second kappa shape index (κ2) is 8.57. The summed E-state index contributed by atoms with van der Waals surface area (Å²) in [5.74, 6) is 0.571. The molecule has 0 saturated carbocycles. The first-order valence-corrected chi connectivity index (χ1v) is 10.8. The summed E-state index contributed by atoms with van der Waals surface area (Å²) in [6.07, 6.45) is 3.99. The van der Waals surface area contributed by atoms with Crippen LogP contribution in [0.25, 0.3) is 10.7 Å². The minimum Gasteiger partial charge on any atom is -0.395 e. The number of aliphatic hydroxyl groups is 1. The molecule has 152 valence electrons. The Balaban J connectivity index is 1.54. The monoisotopic (exact) mass is 409 g/mol. The van der Waals surface area contributed by atoms with Gasteiger partial charge in [-0.1, -0.05) is 6.07 Å². The van der Waals surface area contributed by atoms with Crippen LogP contribution in [0.15, 0.2) is 30.5 Å². The first kappa shape index (κ1) is 19.9. The van der Waals surface area contributed by atoms with Gasteiger partial charge in [-0.2, -0.15) is 0 Å². The maximum atomic E-state index is 9.58. The molecule has 2 N–H and O–H groups in total. The van der Waals surface area contributed by atoms with Crippen LogP contribution >= 0.6 is 11.3 Å². The Morgan fingerprint density at radius 1 is 1.17 bits per heavy atom. The Kier molecular flexibility index (Phi) is 5.89. The fourth-order valence-electron chi connectivity index (χ4n) is 3.89. The van der Waals surface area contributed by atoms with Crippen molar-refractivity contribution in [2.75, 3.05) is 18.5 Å². The second-order valence-electron chi connectivity index (χ2n) is 7.74. The summed E-state index contributed by atoms with van der Waals surface area (Å²) in [7, 11) is 0. The van der Waals surface area contributed by atoms with Crippen molar-refractivity contribution in [3.8, 4) is 10.7 Å². The van der Waals surface area contributed by atoms with Crippen LogP contribution in [-0.4, -0.2) is 44.2 Å². The van der Waals surface area contributed by atoms with E-state index in [4.69, 9.17) is 4.98 Å². The van der Waals surface area contributed by atoms with E-state index in [1.807, 2.05) is 6.07 Å². The Morgan fingerprint density at radius 2 is 1.97 bits per heavy atom. The van der Waals surface area contributed by atoms with Crippen LogP contribution in [-0.2, 0) is 6.54 Å². The number of aliphatic hydroxyl groups excluding tert-OH is 1. The van der Waals surface area contributed by atoms with Gasteiger partial charge in [-0.05, 0) is 69.5 Å². The standard InChI is InChI=1S/C22H27N5OS/c1-14-9-15(2)11-17(10-14)25-22-23-7-6-19(26-22)21-24-16(3)20(29-21)12-27-8-4-5-18(27)13-28/h6-7,9-11,18,28H,4-5,8,12-13H2,1-3H3,(H,23,25,26)/t18-/m0/s1. The van der Waals surface area contributed by atoms with Crippen molar-refractivity contribution in [1.82, 2.24) is 19.9 Å². The van der Waals surface area contributed by atoms with Crippen molar-refractivity contribution in [1.29, 1.82) is 0 Å². The maximum Gasteiger partial charge on any atom is 0.227 e.